The summed E-state index contributed by atoms with van der Waals surface area (Å²) in [6.07, 6.45) is -0.614. The van der Waals surface area contributed by atoms with Crippen molar-refractivity contribution in [3.8, 4) is 0 Å². The topological polar surface area (TPSA) is 128 Å². The van der Waals surface area contributed by atoms with Gasteiger partial charge in [-0.25, -0.2) is 4.79 Å². The minimum Gasteiger partial charge on any atom is -0.445 e. The van der Waals surface area contributed by atoms with Gasteiger partial charge in [0.25, 0.3) is 0 Å². The second kappa shape index (κ2) is 13.0. The van der Waals surface area contributed by atoms with Gasteiger partial charge in [0.1, 0.15) is 18.7 Å². The van der Waals surface area contributed by atoms with Gasteiger partial charge in [0.15, 0.2) is 5.78 Å². The zero-order valence-electron chi connectivity index (χ0n) is 20.8. The summed E-state index contributed by atoms with van der Waals surface area (Å²) in [7, 11) is 0. The summed E-state index contributed by atoms with van der Waals surface area (Å²) >= 11 is 0. The minimum atomic E-state index is -1.01. The van der Waals surface area contributed by atoms with E-state index < -0.39 is 30.0 Å². The number of benzene rings is 3. The molecule has 37 heavy (non-hydrogen) atoms. The fraction of sp³-hybridized carbons (Fsp3) is 0.241. The number of hydrogen-bond acceptors (Lipinski definition) is 5. The summed E-state index contributed by atoms with van der Waals surface area (Å²) in [5.74, 6) is -1.66. The molecule has 0 spiro atoms. The van der Waals surface area contributed by atoms with E-state index in [1.807, 2.05) is 36.4 Å². The van der Waals surface area contributed by atoms with Gasteiger partial charge in [-0.2, -0.15) is 0 Å². The van der Waals surface area contributed by atoms with Crippen LogP contribution >= 0.6 is 0 Å². The number of alkyl carbamates (subject to hydrolysis) is 1. The van der Waals surface area contributed by atoms with E-state index in [9.17, 15) is 19.2 Å². The average Bonchev–Trinajstić information content (AvgIpc) is 2.91. The van der Waals surface area contributed by atoms with Gasteiger partial charge in [-0.05, 0) is 17.0 Å². The lowest BCUT2D eigenvalue weighted by atomic mass is 9.98. The molecule has 8 nitrogen and oxygen atoms in total. The van der Waals surface area contributed by atoms with Crippen LogP contribution in [0.25, 0.3) is 0 Å². The predicted molar refractivity (Wildman–Crippen MR) is 140 cm³/mol. The normalized spacial score (nSPS) is 12.3. The van der Waals surface area contributed by atoms with E-state index in [1.165, 1.54) is 0 Å². The van der Waals surface area contributed by atoms with E-state index in [1.54, 1.807) is 62.4 Å². The highest BCUT2D eigenvalue weighted by atomic mass is 16.5. The van der Waals surface area contributed by atoms with Crippen molar-refractivity contribution in [1.29, 1.82) is 0 Å². The molecule has 3 aromatic rings. The van der Waals surface area contributed by atoms with Crippen LogP contribution in [0.2, 0.25) is 0 Å². The van der Waals surface area contributed by atoms with E-state index in [0.29, 0.717) is 16.7 Å². The number of nitrogens with two attached hydrogens (primary N) is 1. The third-order valence-corrected chi connectivity index (χ3v) is 5.79. The third kappa shape index (κ3) is 8.03. The molecule has 0 aromatic heterocycles. The number of rotatable bonds is 11. The molecule has 8 heteroatoms. The van der Waals surface area contributed by atoms with Gasteiger partial charge in [0, 0.05) is 17.5 Å². The van der Waals surface area contributed by atoms with Crippen molar-refractivity contribution in [1.82, 2.24) is 10.6 Å². The Balaban J connectivity index is 1.60. The molecule has 0 radical (unpaired) electrons. The number of ether oxygens (including phenoxy) is 1. The molecule has 192 valence electrons. The van der Waals surface area contributed by atoms with Crippen LogP contribution in [0.5, 0.6) is 0 Å². The lowest BCUT2D eigenvalue weighted by Gasteiger charge is -2.24. The molecule has 0 heterocycles. The van der Waals surface area contributed by atoms with Gasteiger partial charge in [-0.15, -0.1) is 0 Å². The monoisotopic (exact) mass is 501 g/mol. The summed E-state index contributed by atoms with van der Waals surface area (Å²) in [5, 5.41) is 5.21. The SMILES string of the molecule is CC(C)[C@H](NC(=O)OCc1ccccc1)C(=O)N[C@H](Cc1ccc(C(=O)c2ccccc2)cc1)C(N)=O. The summed E-state index contributed by atoms with van der Waals surface area (Å²) in [5.41, 5.74) is 8.17. The van der Waals surface area contributed by atoms with Crippen LogP contribution in [0.15, 0.2) is 84.9 Å². The van der Waals surface area contributed by atoms with Crippen LogP contribution in [0.1, 0.15) is 40.9 Å². The van der Waals surface area contributed by atoms with E-state index in [-0.39, 0.29) is 24.7 Å². The largest absolute Gasteiger partial charge is 0.445 e. The van der Waals surface area contributed by atoms with E-state index >= 15 is 0 Å². The van der Waals surface area contributed by atoms with Crippen LogP contribution in [0.4, 0.5) is 4.79 Å². The number of primary amides is 1. The van der Waals surface area contributed by atoms with Crippen LogP contribution in [-0.2, 0) is 27.4 Å². The smallest absolute Gasteiger partial charge is 0.408 e. The summed E-state index contributed by atoms with van der Waals surface area (Å²) in [4.78, 5) is 50.0. The fourth-order valence-electron chi connectivity index (χ4n) is 3.70. The molecule has 0 fully saturated rings. The third-order valence-electron chi connectivity index (χ3n) is 5.79. The second-order valence-electron chi connectivity index (χ2n) is 8.99. The molecule has 0 aliphatic rings. The van der Waals surface area contributed by atoms with Gasteiger partial charge >= 0.3 is 6.09 Å². The van der Waals surface area contributed by atoms with Crippen molar-refractivity contribution >= 4 is 23.7 Å². The van der Waals surface area contributed by atoms with Crippen molar-refractivity contribution in [2.24, 2.45) is 11.7 Å². The molecule has 3 amide bonds. The fourth-order valence-corrected chi connectivity index (χ4v) is 3.70. The van der Waals surface area contributed by atoms with Crippen molar-refractivity contribution in [3.05, 3.63) is 107 Å². The Hall–Kier alpha value is -4.46. The number of nitrogens with one attached hydrogen (secondary N) is 2. The maximum absolute atomic E-state index is 13.0. The molecule has 0 saturated carbocycles. The van der Waals surface area contributed by atoms with Crippen molar-refractivity contribution in [2.45, 2.75) is 39.0 Å². The second-order valence-corrected chi connectivity index (χ2v) is 8.99. The standard InChI is InChI=1S/C29H31N3O5/c1-19(2)25(32-29(36)37-18-21-9-5-3-6-10-21)28(35)31-24(27(30)34)17-20-13-15-23(16-14-20)26(33)22-11-7-4-8-12-22/h3-16,19,24-25H,17-18H2,1-2H3,(H2,30,34)(H,31,35)(H,32,36)/t24-,25+/m1/s1. The Bertz CT molecular complexity index is 1210. The van der Waals surface area contributed by atoms with Crippen LogP contribution in [0, 0.1) is 5.92 Å². The number of hydrogen-bond donors (Lipinski definition) is 3. The highest BCUT2D eigenvalue weighted by Crippen LogP contribution is 2.13. The number of carbonyl (C=O) groups excluding carboxylic acids is 4. The van der Waals surface area contributed by atoms with Gasteiger partial charge < -0.3 is 21.1 Å². The molecule has 0 aliphatic carbocycles. The van der Waals surface area contributed by atoms with Gasteiger partial charge in [0.2, 0.25) is 11.8 Å². The summed E-state index contributed by atoms with van der Waals surface area (Å²) < 4.78 is 5.22. The van der Waals surface area contributed by atoms with Crippen LogP contribution in [0.3, 0.4) is 0 Å². The summed E-state index contributed by atoms with van der Waals surface area (Å²) in [6.45, 7) is 3.60. The molecule has 0 unspecified atom stereocenters. The van der Waals surface area contributed by atoms with E-state index in [0.717, 1.165) is 5.56 Å². The first-order chi connectivity index (χ1) is 17.7. The quantitative estimate of drug-likeness (QED) is 0.347. The molecule has 2 atom stereocenters. The number of ketones is 1. The summed E-state index contributed by atoms with van der Waals surface area (Å²) in [6, 6.07) is 22.9. The molecule has 0 bridgehead atoms. The highest BCUT2D eigenvalue weighted by Gasteiger charge is 2.28. The molecule has 4 N–H and O–H groups in total. The Morgan fingerprint density at radius 2 is 1.32 bits per heavy atom. The van der Waals surface area contributed by atoms with Gasteiger partial charge in [-0.3, -0.25) is 14.4 Å². The predicted octanol–water partition coefficient (Wildman–Crippen LogP) is 3.38. The Kier molecular flexibility index (Phi) is 9.55. The first-order valence-electron chi connectivity index (χ1n) is 12.0. The van der Waals surface area contributed by atoms with Crippen molar-refractivity contribution in [2.75, 3.05) is 0 Å². The molecule has 0 saturated heterocycles. The minimum absolute atomic E-state index is 0.0613. The number of amides is 3. The van der Waals surface area contributed by atoms with Crippen molar-refractivity contribution in [3.63, 3.8) is 0 Å². The molecular formula is C29H31N3O5. The maximum Gasteiger partial charge on any atom is 0.408 e. The van der Waals surface area contributed by atoms with E-state index in [2.05, 4.69) is 10.6 Å². The molecule has 3 rings (SSSR count). The molecule has 0 aliphatic heterocycles. The zero-order valence-corrected chi connectivity index (χ0v) is 20.8. The van der Waals surface area contributed by atoms with Gasteiger partial charge in [-0.1, -0.05) is 98.8 Å². The molecular weight excluding hydrogens is 470 g/mol. The lowest BCUT2D eigenvalue weighted by Crippen LogP contribution is -2.55. The Labute approximate surface area is 216 Å². The maximum atomic E-state index is 13.0. The molecule has 3 aromatic carbocycles. The first-order valence-corrected chi connectivity index (χ1v) is 12.0. The first kappa shape index (κ1) is 27.1. The van der Waals surface area contributed by atoms with Gasteiger partial charge in [0.05, 0.1) is 0 Å². The van der Waals surface area contributed by atoms with Crippen LogP contribution < -0.4 is 16.4 Å². The van der Waals surface area contributed by atoms with E-state index in [4.69, 9.17) is 10.5 Å². The number of carbonyl (C=O) groups is 4. The Morgan fingerprint density at radius 3 is 1.89 bits per heavy atom. The Morgan fingerprint density at radius 1 is 0.757 bits per heavy atom. The highest BCUT2D eigenvalue weighted by molar-refractivity contribution is 6.08. The zero-order chi connectivity index (χ0) is 26.8. The average molecular weight is 502 g/mol. The lowest BCUT2D eigenvalue weighted by molar-refractivity contribution is -0.129. The van der Waals surface area contributed by atoms with Crippen molar-refractivity contribution < 1.29 is 23.9 Å². The van der Waals surface area contributed by atoms with Crippen LogP contribution in [-0.4, -0.2) is 35.8 Å².